The van der Waals surface area contributed by atoms with Crippen LogP contribution in [0.15, 0.2) is 24.4 Å². The number of rotatable bonds is 3. The lowest BCUT2D eigenvalue weighted by molar-refractivity contribution is 0.751. The Kier molecular flexibility index (Phi) is 3.08. The molecule has 6 heteroatoms. The third-order valence-electron chi connectivity index (χ3n) is 3.23. The van der Waals surface area contributed by atoms with Crippen LogP contribution < -0.4 is 16.0 Å². The Balaban J connectivity index is 1.83. The van der Waals surface area contributed by atoms with E-state index in [9.17, 15) is 0 Å². The van der Waals surface area contributed by atoms with Crippen molar-refractivity contribution in [2.24, 2.45) is 5.73 Å². The van der Waals surface area contributed by atoms with Gasteiger partial charge in [-0.15, -0.1) is 0 Å². The second kappa shape index (κ2) is 4.89. The number of nitrogens with zero attached hydrogens (tertiary/aromatic N) is 3. The van der Waals surface area contributed by atoms with E-state index in [0.717, 1.165) is 42.8 Å². The minimum Gasteiger partial charge on any atom is -0.355 e. The first-order chi connectivity index (χ1) is 9.20. The lowest BCUT2D eigenvalue weighted by atomic mass is 10.3. The van der Waals surface area contributed by atoms with Gasteiger partial charge in [-0.05, 0) is 25.5 Å². The van der Waals surface area contributed by atoms with E-state index in [1.54, 1.807) is 0 Å². The fraction of sp³-hybridized carbons (Fsp3) is 0.385. The largest absolute Gasteiger partial charge is 0.355 e. The molecule has 3 rings (SSSR count). The lowest BCUT2D eigenvalue weighted by Gasteiger charge is -2.18. The molecule has 1 atom stereocenters. The molecule has 1 aliphatic rings. The molecule has 1 aliphatic heterocycles. The average molecular weight is 258 g/mol. The normalized spacial score (nSPS) is 18.8. The molecule has 0 amide bonds. The van der Waals surface area contributed by atoms with Gasteiger partial charge in [0.1, 0.15) is 23.3 Å². The highest BCUT2D eigenvalue weighted by Gasteiger charge is 2.21. The monoisotopic (exact) mass is 258 g/mol. The molecule has 2 aromatic heterocycles. The van der Waals surface area contributed by atoms with Crippen LogP contribution in [0.25, 0.3) is 0 Å². The molecule has 1 saturated heterocycles. The number of H-pyrrole nitrogens is 1. The van der Waals surface area contributed by atoms with Crippen molar-refractivity contribution in [2.45, 2.75) is 19.4 Å². The van der Waals surface area contributed by atoms with Crippen molar-refractivity contribution in [1.29, 1.82) is 0 Å². The van der Waals surface area contributed by atoms with Crippen molar-refractivity contribution in [3.05, 3.63) is 30.2 Å². The molecule has 0 spiro atoms. The summed E-state index contributed by atoms with van der Waals surface area (Å²) in [4.78, 5) is 14.2. The summed E-state index contributed by atoms with van der Waals surface area (Å²) in [6.45, 7) is 3.72. The third kappa shape index (κ3) is 2.68. The molecule has 0 aliphatic carbocycles. The Hall–Kier alpha value is -2.08. The van der Waals surface area contributed by atoms with E-state index in [1.165, 1.54) is 0 Å². The van der Waals surface area contributed by atoms with Gasteiger partial charge in [0.15, 0.2) is 0 Å². The van der Waals surface area contributed by atoms with Crippen molar-refractivity contribution in [1.82, 2.24) is 15.0 Å². The molecular formula is C13H18N6. The highest BCUT2D eigenvalue weighted by Crippen LogP contribution is 2.21. The second-order valence-corrected chi connectivity index (χ2v) is 4.86. The Bertz CT molecular complexity index is 550. The minimum absolute atomic E-state index is 0.245. The molecule has 0 aromatic carbocycles. The van der Waals surface area contributed by atoms with Gasteiger partial charge in [-0.25, -0.2) is 9.97 Å². The van der Waals surface area contributed by atoms with Crippen LogP contribution in [0, 0.1) is 6.92 Å². The third-order valence-corrected chi connectivity index (χ3v) is 3.23. The Morgan fingerprint density at radius 1 is 1.47 bits per heavy atom. The van der Waals surface area contributed by atoms with Crippen molar-refractivity contribution in [2.75, 3.05) is 23.3 Å². The molecule has 3 heterocycles. The summed E-state index contributed by atoms with van der Waals surface area (Å²) >= 11 is 0. The van der Waals surface area contributed by atoms with E-state index in [0.29, 0.717) is 0 Å². The standard InChI is InChI=1S/C13H18N6/c1-9-16-12(18-11-3-2-5-15-11)7-13(17-9)19-6-4-10(14)8-19/h2-3,5,7,10,15H,4,6,8,14H2,1H3,(H,16,17,18). The van der Waals surface area contributed by atoms with E-state index in [1.807, 2.05) is 31.3 Å². The summed E-state index contributed by atoms with van der Waals surface area (Å²) < 4.78 is 0. The van der Waals surface area contributed by atoms with E-state index in [-0.39, 0.29) is 6.04 Å². The zero-order valence-corrected chi connectivity index (χ0v) is 10.9. The Morgan fingerprint density at radius 3 is 3.05 bits per heavy atom. The molecule has 0 bridgehead atoms. The van der Waals surface area contributed by atoms with Gasteiger partial charge >= 0.3 is 0 Å². The van der Waals surface area contributed by atoms with E-state index < -0.39 is 0 Å². The zero-order chi connectivity index (χ0) is 13.2. The molecule has 19 heavy (non-hydrogen) atoms. The van der Waals surface area contributed by atoms with Crippen LogP contribution in [0.3, 0.4) is 0 Å². The fourth-order valence-corrected chi connectivity index (χ4v) is 2.32. The van der Waals surface area contributed by atoms with Gasteiger partial charge in [0.05, 0.1) is 0 Å². The van der Waals surface area contributed by atoms with Crippen molar-refractivity contribution < 1.29 is 0 Å². The predicted octanol–water partition coefficient (Wildman–Crippen LogP) is 1.39. The predicted molar refractivity (Wildman–Crippen MR) is 75.6 cm³/mol. The topological polar surface area (TPSA) is 82.9 Å². The van der Waals surface area contributed by atoms with E-state index in [2.05, 4.69) is 25.2 Å². The van der Waals surface area contributed by atoms with Crippen LogP contribution in [0.4, 0.5) is 17.5 Å². The fourth-order valence-electron chi connectivity index (χ4n) is 2.32. The summed E-state index contributed by atoms with van der Waals surface area (Å²) in [5.41, 5.74) is 5.94. The number of aryl methyl sites for hydroxylation is 1. The second-order valence-electron chi connectivity index (χ2n) is 4.86. The van der Waals surface area contributed by atoms with Crippen LogP contribution in [-0.2, 0) is 0 Å². The van der Waals surface area contributed by atoms with Gasteiger partial charge in [0.2, 0.25) is 0 Å². The molecule has 1 fully saturated rings. The number of aromatic amines is 1. The van der Waals surface area contributed by atoms with Gasteiger partial charge in [-0.1, -0.05) is 0 Å². The quantitative estimate of drug-likeness (QED) is 0.775. The summed E-state index contributed by atoms with van der Waals surface area (Å²) in [5.74, 6) is 3.41. The molecule has 100 valence electrons. The van der Waals surface area contributed by atoms with Crippen LogP contribution in [0.2, 0.25) is 0 Å². The first-order valence-corrected chi connectivity index (χ1v) is 6.47. The van der Waals surface area contributed by atoms with E-state index in [4.69, 9.17) is 5.73 Å². The summed E-state index contributed by atoms with van der Waals surface area (Å²) in [6, 6.07) is 6.11. The molecular weight excluding hydrogens is 240 g/mol. The maximum Gasteiger partial charge on any atom is 0.137 e. The number of hydrogen-bond donors (Lipinski definition) is 3. The van der Waals surface area contributed by atoms with Gasteiger partial charge in [-0.3, -0.25) is 0 Å². The molecule has 4 N–H and O–H groups in total. The molecule has 0 radical (unpaired) electrons. The van der Waals surface area contributed by atoms with Crippen LogP contribution in [0.1, 0.15) is 12.2 Å². The summed E-state index contributed by atoms with van der Waals surface area (Å²) in [6.07, 6.45) is 2.89. The first-order valence-electron chi connectivity index (χ1n) is 6.47. The van der Waals surface area contributed by atoms with Gasteiger partial charge in [-0.2, -0.15) is 0 Å². The Labute approximate surface area is 112 Å². The number of anilines is 3. The molecule has 6 nitrogen and oxygen atoms in total. The first kappa shape index (κ1) is 12.0. The van der Waals surface area contributed by atoms with E-state index >= 15 is 0 Å². The number of hydrogen-bond acceptors (Lipinski definition) is 5. The number of nitrogens with one attached hydrogen (secondary N) is 2. The van der Waals surface area contributed by atoms with Gasteiger partial charge in [0, 0.05) is 31.4 Å². The maximum atomic E-state index is 5.94. The lowest BCUT2D eigenvalue weighted by Crippen LogP contribution is -2.27. The van der Waals surface area contributed by atoms with Crippen molar-refractivity contribution in [3.63, 3.8) is 0 Å². The zero-order valence-electron chi connectivity index (χ0n) is 10.9. The van der Waals surface area contributed by atoms with Crippen molar-refractivity contribution in [3.8, 4) is 0 Å². The highest BCUT2D eigenvalue weighted by molar-refractivity contribution is 5.57. The van der Waals surface area contributed by atoms with Crippen LogP contribution >= 0.6 is 0 Å². The highest BCUT2D eigenvalue weighted by atomic mass is 15.2. The summed E-state index contributed by atoms with van der Waals surface area (Å²) in [7, 11) is 0. The average Bonchev–Trinajstić information content (AvgIpc) is 3.00. The van der Waals surface area contributed by atoms with Gasteiger partial charge < -0.3 is 20.9 Å². The van der Waals surface area contributed by atoms with Crippen molar-refractivity contribution >= 4 is 17.5 Å². The smallest absolute Gasteiger partial charge is 0.137 e. The molecule has 0 saturated carbocycles. The minimum atomic E-state index is 0.245. The Morgan fingerprint density at radius 2 is 2.37 bits per heavy atom. The SMILES string of the molecule is Cc1nc(Nc2ccc[nH]2)cc(N2CCC(N)C2)n1. The summed E-state index contributed by atoms with van der Waals surface area (Å²) in [5, 5.41) is 3.24. The maximum absolute atomic E-state index is 5.94. The van der Waals surface area contributed by atoms with Gasteiger partial charge in [0.25, 0.3) is 0 Å². The van der Waals surface area contributed by atoms with Crippen LogP contribution in [0.5, 0.6) is 0 Å². The molecule has 2 aromatic rings. The molecule has 1 unspecified atom stereocenters. The number of nitrogens with two attached hydrogens (primary N) is 1. The number of aromatic nitrogens is 3. The van der Waals surface area contributed by atoms with Crippen LogP contribution in [-0.4, -0.2) is 34.1 Å².